The van der Waals surface area contributed by atoms with E-state index >= 15 is 4.39 Å². The summed E-state index contributed by atoms with van der Waals surface area (Å²) in [6.45, 7) is 23.7. The van der Waals surface area contributed by atoms with E-state index < -0.39 is 63.8 Å². The number of carbonyl (C=O) groups excluding carboxylic acids is 1. The quantitative estimate of drug-likeness (QED) is 0.176. The van der Waals surface area contributed by atoms with Crippen LogP contribution in [0.2, 0.25) is 36.3 Å². The van der Waals surface area contributed by atoms with Crippen LogP contribution in [0.25, 0.3) is 16.7 Å². The second-order valence-electron chi connectivity index (χ2n) is 16.1. The molecule has 0 bridgehead atoms. The van der Waals surface area contributed by atoms with Crippen molar-refractivity contribution in [2.45, 2.75) is 116 Å². The van der Waals surface area contributed by atoms with Gasteiger partial charge in [0.05, 0.1) is 23.3 Å². The number of rotatable bonds is 9. The smallest absolute Gasteiger partial charge is 0.408 e. The predicted octanol–water partition coefficient (Wildman–Crippen LogP) is 8.34. The molecule has 3 atom stereocenters. The molecule has 0 radical (unpaired) electrons. The highest BCUT2D eigenvalue weighted by Crippen LogP contribution is 2.42. The first-order valence-electron chi connectivity index (χ1n) is 16.8. The van der Waals surface area contributed by atoms with Gasteiger partial charge in [0.1, 0.15) is 29.1 Å². The van der Waals surface area contributed by atoms with Crippen molar-refractivity contribution in [3.05, 3.63) is 63.9 Å². The lowest BCUT2D eigenvalue weighted by Gasteiger charge is -2.42. The molecule has 0 unspecified atom stereocenters. The second kappa shape index (κ2) is 13.8. The summed E-state index contributed by atoms with van der Waals surface area (Å²) < 4.78 is 84.7. The first kappa shape index (κ1) is 39.6. The number of nitrogens with one attached hydrogen (secondary N) is 1. The number of aromatic nitrogens is 2. The SMILES string of the molecule is CC[C@@H](NC(=O)c1cn(-c2ccc(F)cc2F)c2nc(N3C[C@@H](O[Si](C)(C)C(C)(C)C)[C@H](O[Si](C)(C)C(C)(C)C)C3)ccc2c1=O)C(F)(F)F. The molecule has 50 heavy (non-hydrogen) atoms. The van der Waals surface area contributed by atoms with Crippen LogP contribution in [-0.4, -0.2) is 69.6 Å². The first-order chi connectivity index (χ1) is 22.8. The molecule has 4 rings (SSSR count). The van der Waals surface area contributed by atoms with Crippen molar-refractivity contribution in [1.29, 1.82) is 0 Å². The van der Waals surface area contributed by atoms with Gasteiger partial charge >= 0.3 is 6.18 Å². The van der Waals surface area contributed by atoms with Crippen LogP contribution >= 0.6 is 0 Å². The zero-order valence-electron chi connectivity index (χ0n) is 30.7. The van der Waals surface area contributed by atoms with E-state index in [2.05, 4.69) is 67.7 Å². The molecular formula is C35H49F5N4O4Si2. The molecule has 8 nitrogen and oxygen atoms in total. The van der Waals surface area contributed by atoms with Gasteiger partial charge < -0.3 is 19.1 Å². The third-order valence-electron chi connectivity index (χ3n) is 10.4. The van der Waals surface area contributed by atoms with Crippen molar-refractivity contribution in [1.82, 2.24) is 14.9 Å². The van der Waals surface area contributed by atoms with E-state index in [-0.39, 0.29) is 39.0 Å². The van der Waals surface area contributed by atoms with Crippen LogP contribution in [0.3, 0.4) is 0 Å². The summed E-state index contributed by atoms with van der Waals surface area (Å²) in [7, 11) is -4.52. The van der Waals surface area contributed by atoms with Gasteiger partial charge in [-0.15, -0.1) is 0 Å². The standard InChI is InChI=1S/C35H49F5N4O4Si2/c1-12-28(35(38,39)40)41-32(46)23-18-44(25-15-13-21(36)17-24(25)37)31-22(30(23)45)14-16-29(42-31)43-19-26(47-49(8,9)33(2,3)4)27(20-43)48-50(10,11)34(5,6)7/h13-18,26-28H,12,19-20H2,1-11H3,(H,41,46)/t26-,27-,28-/m1/s1. The zero-order valence-corrected chi connectivity index (χ0v) is 32.7. The Labute approximate surface area is 292 Å². The van der Waals surface area contributed by atoms with Crippen LogP contribution < -0.4 is 15.6 Å². The zero-order chi connectivity index (χ0) is 37.8. The molecule has 276 valence electrons. The maximum Gasteiger partial charge on any atom is 0.408 e. The summed E-state index contributed by atoms with van der Waals surface area (Å²) in [5.74, 6) is -2.75. The van der Waals surface area contributed by atoms with Gasteiger partial charge in [-0.2, -0.15) is 13.2 Å². The van der Waals surface area contributed by atoms with Gasteiger partial charge in [-0.3, -0.25) is 14.2 Å². The van der Waals surface area contributed by atoms with Crippen molar-refractivity contribution in [3.8, 4) is 5.69 Å². The molecule has 3 heterocycles. The van der Waals surface area contributed by atoms with Gasteiger partial charge in [-0.1, -0.05) is 48.5 Å². The third kappa shape index (κ3) is 8.15. The fraction of sp³-hybridized carbons (Fsp3) is 0.571. The minimum atomic E-state index is -4.76. The van der Waals surface area contributed by atoms with Crippen LogP contribution in [0.15, 0.2) is 41.3 Å². The monoisotopic (exact) mass is 740 g/mol. The highest BCUT2D eigenvalue weighted by molar-refractivity contribution is 6.74. The van der Waals surface area contributed by atoms with Crippen molar-refractivity contribution in [2.75, 3.05) is 18.0 Å². The summed E-state index contributed by atoms with van der Waals surface area (Å²) in [5, 5.41) is 1.60. The van der Waals surface area contributed by atoms with Crippen molar-refractivity contribution >= 4 is 39.4 Å². The Bertz CT molecular complexity index is 1770. The lowest BCUT2D eigenvalue weighted by molar-refractivity contribution is -0.153. The second-order valence-corrected chi connectivity index (χ2v) is 25.6. The topological polar surface area (TPSA) is 85.7 Å². The molecule has 1 amide bonds. The average molecular weight is 741 g/mol. The molecule has 1 saturated heterocycles. The maximum atomic E-state index is 15.3. The van der Waals surface area contributed by atoms with Crippen molar-refractivity contribution in [2.24, 2.45) is 0 Å². The Morgan fingerprint density at radius 3 is 1.94 bits per heavy atom. The minimum Gasteiger partial charge on any atom is -0.409 e. The highest BCUT2D eigenvalue weighted by atomic mass is 28.4. The van der Waals surface area contributed by atoms with Crippen LogP contribution in [-0.2, 0) is 8.85 Å². The fourth-order valence-electron chi connectivity index (χ4n) is 5.31. The Kier molecular flexibility index (Phi) is 10.9. The van der Waals surface area contributed by atoms with E-state index in [1.165, 1.54) is 13.0 Å². The molecule has 0 saturated carbocycles. The van der Waals surface area contributed by atoms with E-state index in [1.54, 1.807) is 6.07 Å². The normalized spacial score (nSPS) is 18.5. The molecule has 15 heteroatoms. The Morgan fingerprint density at radius 1 is 0.940 bits per heavy atom. The van der Waals surface area contributed by atoms with Crippen LogP contribution in [0.1, 0.15) is 65.2 Å². The third-order valence-corrected chi connectivity index (χ3v) is 19.4. The van der Waals surface area contributed by atoms with E-state index in [4.69, 9.17) is 13.8 Å². The molecule has 0 aliphatic carbocycles. The fourth-order valence-corrected chi connectivity index (χ4v) is 7.98. The number of fused-ring (bicyclic) bond motifs is 1. The van der Waals surface area contributed by atoms with Gasteiger partial charge in [0.2, 0.25) is 5.43 Å². The first-order valence-corrected chi connectivity index (χ1v) is 22.6. The van der Waals surface area contributed by atoms with E-state index in [9.17, 15) is 27.2 Å². The molecule has 1 aliphatic rings. The number of amides is 1. The summed E-state index contributed by atoms with van der Waals surface area (Å²) in [5.41, 5.74) is -1.84. The number of benzene rings is 1. The minimum absolute atomic E-state index is 0.0620. The number of hydrogen-bond acceptors (Lipinski definition) is 6. The Balaban J connectivity index is 1.85. The summed E-state index contributed by atoms with van der Waals surface area (Å²) in [6.07, 6.45) is -4.87. The van der Waals surface area contributed by atoms with Crippen molar-refractivity contribution < 1.29 is 35.6 Å². The number of nitrogens with zero attached hydrogens (tertiary/aromatic N) is 3. The lowest BCUT2D eigenvalue weighted by Crippen LogP contribution is -2.51. The van der Waals surface area contributed by atoms with E-state index in [0.717, 1.165) is 22.9 Å². The molecule has 1 N–H and O–H groups in total. The summed E-state index contributed by atoms with van der Waals surface area (Å²) in [6, 6.07) is 3.53. The number of halogens is 5. The largest absolute Gasteiger partial charge is 0.409 e. The highest BCUT2D eigenvalue weighted by Gasteiger charge is 2.48. The van der Waals surface area contributed by atoms with Crippen LogP contribution in [0.4, 0.5) is 27.8 Å². The number of anilines is 1. The summed E-state index contributed by atoms with van der Waals surface area (Å²) >= 11 is 0. The Hall–Kier alpha value is -3.15. The number of hydrogen-bond donors (Lipinski definition) is 1. The van der Waals surface area contributed by atoms with Crippen molar-refractivity contribution in [3.63, 3.8) is 0 Å². The predicted molar refractivity (Wildman–Crippen MR) is 191 cm³/mol. The van der Waals surface area contributed by atoms with E-state index in [1.807, 2.05) is 10.2 Å². The number of alkyl halides is 3. The molecule has 1 aromatic carbocycles. The van der Waals surface area contributed by atoms with Gasteiger partial charge in [-0.25, -0.2) is 13.8 Å². The average Bonchev–Trinajstić information content (AvgIpc) is 3.35. The molecule has 1 fully saturated rings. The molecule has 2 aromatic heterocycles. The summed E-state index contributed by atoms with van der Waals surface area (Å²) in [4.78, 5) is 33.5. The molecular weight excluding hydrogens is 692 g/mol. The Morgan fingerprint density at radius 2 is 1.48 bits per heavy atom. The van der Waals surface area contributed by atoms with Gasteiger partial charge in [-0.05, 0) is 67.0 Å². The van der Waals surface area contributed by atoms with Gasteiger partial charge in [0.25, 0.3) is 5.91 Å². The molecule has 3 aromatic rings. The maximum absolute atomic E-state index is 15.3. The van der Waals surface area contributed by atoms with Crippen LogP contribution in [0, 0.1) is 11.6 Å². The van der Waals surface area contributed by atoms with E-state index in [0.29, 0.717) is 25.0 Å². The number of carbonyl (C=O) groups is 1. The van der Waals surface area contributed by atoms with Crippen LogP contribution in [0.5, 0.6) is 0 Å². The van der Waals surface area contributed by atoms with Gasteiger partial charge in [0.15, 0.2) is 22.3 Å². The number of pyridine rings is 2. The van der Waals surface area contributed by atoms with Gasteiger partial charge in [0, 0.05) is 25.4 Å². The molecule has 0 spiro atoms. The molecule has 1 aliphatic heterocycles. The lowest BCUT2D eigenvalue weighted by atomic mass is 10.1.